The maximum Gasteiger partial charge on any atom is 0.126 e. The summed E-state index contributed by atoms with van der Waals surface area (Å²) >= 11 is 7.57. The summed E-state index contributed by atoms with van der Waals surface area (Å²) in [7, 11) is -0.284. The quantitative estimate of drug-likeness (QED) is 0.509. The zero-order valence-corrected chi connectivity index (χ0v) is 10.3. The molecule has 1 fully saturated rings. The molecule has 4 heteroatoms. The van der Waals surface area contributed by atoms with Gasteiger partial charge >= 0.3 is 0 Å². The van der Waals surface area contributed by atoms with E-state index in [1.165, 1.54) is 6.04 Å². The molecule has 0 aromatic heterocycles. The smallest absolute Gasteiger partial charge is 0.126 e. The molecule has 0 radical (unpaired) electrons. The average Bonchev–Trinajstić information content (AvgIpc) is 1.63. The predicted molar refractivity (Wildman–Crippen MR) is 50.9 cm³/mol. The van der Waals surface area contributed by atoms with E-state index in [9.17, 15) is 0 Å². The highest BCUT2D eigenvalue weighted by Crippen LogP contribution is 2.41. The lowest BCUT2D eigenvalue weighted by atomic mass is 11.0. The summed E-state index contributed by atoms with van der Waals surface area (Å²) in [5, 5.41) is 0. The van der Waals surface area contributed by atoms with Crippen molar-refractivity contribution in [1.29, 1.82) is 0 Å². The highest BCUT2D eigenvalue weighted by atomic mass is 79.9. The molecule has 0 unspecified atom stereocenters. The van der Waals surface area contributed by atoms with Crippen LogP contribution in [0, 0.1) is 0 Å². The Morgan fingerprint density at radius 1 is 1.62 bits per heavy atom. The molecule has 0 aromatic carbocycles. The summed E-state index contributed by atoms with van der Waals surface area (Å²) in [6.07, 6.45) is 0. The van der Waals surface area contributed by atoms with Crippen molar-refractivity contribution in [2.45, 2.75) is 24.3 Å². The molecule has 1 aliphatic heterocycles. The van der Waals surface area contributed by atoms with E-state index in [0.29, 0.717) is 0 Å². The number of halogens is 2. The Kier molecular flexibility index (Phi) is 2.40. The molecule has 8 heavy (non-hydrogen) atoms. The molecule has 1 heterocycles. The van der Waals surface area contributed by atoms with Crippen molar-refractivity contribution in [2.24, 2.45) is 0 Å². The molecule has 0 saturated carbocycles. The second-order valence-corrected chi connectivity index (χ2v) is 18.9. The lowest BCUT2D eigenvalue weighted by Crippen LogP contribution is -2.44. The van der Waals surface area contributed by atoms with Gasteiger partial charge in [0.2, 0.25) is 0 Å². The molecule has 1 saturated heterocycles. The van der Waals surface area contributed by atoms with Crippen LogP contribution < -0.4 is 0 Å². The zero-order valence-electron chi connectivity index (χ0n) is 4.95. The third-order valence-electron chi connectivity index (χ3n) is 1.81. The molecule has 1 rings (SSSR count). The molecule has 0 N–H and O–H groups in total. The number of rotatable bonds is 1. The highest BCUT2D eigenvalue weighted by molar-refractivity contribution is 9.28. The fourth-order valence-corrected chi connectivity index (χ4v) is 35.2. The van der Waals surface area contributed by atoms with E-state index in [0.717, 1.165) is 0 Å². The van der Waals surface area contributed by atoms with Crippen LogP contribution in [-0.2, 0) is 0 Å². The van der Waals surface area contributed by atoms with E-state index in [4.69, 9.17) is 0 Å². The van der Waals surface area contributed by atoms with Gasteiger partial charge in [-0.2, -0.15) is 0 Å². The monoisotopic (exact) mass is 272 g/mol. The van der Waals surface area contributed by atoms with Gasteiger partial charge in [0.05, 0.1) is 0 Å². The SMILES string of the molecule is CC[Si]1(Br)C[SiH](Br)C1. The highest BCUT2D eigenvalue weighted by Gasteiger charge is 2.42. The zero-order chi connectivity index (χ0) is 6.20. The molecule has 0 spiro atoms. The van der Waals surface area contributed by atoms with Crippen LogP contribution in [0.2, 0.25) is 17.4 Å². The second-order valence-electron chi connectivity index (χ2n) is 2.51. The molecular weight excluding hydrogens is 264 g/mol. The summed E-state index contributed by atoms with van der Waals surface area (Å²) in [4.78, 5) is 0. The van der Waals surface area contributed by atoms with Gasteiger partial charge in [-0.15, -0.1) is 30.6 Å². The molecular formula is C4H10Br2Si2. The van der Waals surface area contributed by atoms with Gasteiger partial charge < -0.3 is 0 Å². The molecule has 0 aromatic rings. The van der Waals surface area contributed by atoms with Crippen LogP contribution in [0.25, 0.3) is 0 Å². The van der Waals surface area contributed by atoms with Crippen molar-refractivity contribution >= 4 is 44.7 Å². The van der Waals surface area contributed by atoms with Crippen molar-refractivity contribution in [3.63, 3.8) is 0 Å². The first-order chi connectivity index (χ1) is 3.66. The van der Waals surface area contributed by atoms with E-state index in [-0.39, 0.29) is 7.42 Å². The van der Waals surface area contributed by atoms with E-state index >= 15 is 0 Å². The van der Waals surface area contributed by atoms with Crippen molar-refractivity contribution in [3.05, 3.63) is 0 Å². The van der Waals surface area contributed by atoms with Gasteiger partial charge in [-0.25, -0.2) is 0 Å². The van der Waals surface area contributed by atoms with Crippen molar-refractivity contribution in [2.75, 3.05) is 0 Å². The summed E-state index contributed by atoms with van der Waals surface area (Å²) in [5.41, 5.74) is 3.15. The van der Waals surface area contributed by atoms with Gasteiger partial charge in [0.25, 0.3) is 0 Å². The summed E-state index contributed by atoms with van der Waals surface area (Å²) < 4.78 is 0. The molecule has 0 bridgehead atoms. The van der Waals surface area contributed by atoms with Crippen molar-refractivity contribution in [3.8, 4) is 0 Å². The maximum absolute atomic E-state index is 3.85. The Hall–Kier alpha value is 1.39. The Labute approximate surface area is 68.8 Å². The van der Waals surface area contributed by atoms with Gasteiger partial charge in [-0.1, -0.05) is 13.0 Å². The molecule has 48 valence electrons. The first-order valence-corrected chi connectivity index (χ1v) is 12.7. The molecule has 0 aliphatic carbocycles. The van der Waals surface area contributed by atoms with Crippen LogP contribution in [-0.4, -0.2) is 14.1 Å². The number of hydrogen-bond acceptors (Lipinski definition) is 0. The Morgan fingerprint density at radius 2 is 2.12 bits per heavy atom. The van der Waals surface area contributed by atoms with Gasteiger partial charge in [-0.3, -0.25) is 0 Å². The van der Waals surface area contributed by atoms with Crippen LogP contribution >= 0.6 is 30.6 Å². The minimum absolute atomic E-state index is 0.284. The average molecular weight is 274 g/mol. The second kappa shape index (κ2) is 2.56. The maximum atomic E-state index is 3.85. The molecule has 0 nitrogen and oxygen atoms in total. The Balaban J connectivity index is 2.30. The third kappa shape index (κ3) is 1.46. The largest absolute Gasteiger partial charge is 0.131 e. The molecule has 0 atom stereocenters. The van der Waals surface area contributed by atoms with Gasteiger partial charge in [0.15, 0.2) is 0 Å². The van der Waals surface area contributed by atoms with Crippen LogP contribution in [0.1, 0.15) is 6.92 Å². The first kappa shape index (κ1) is 7.50. The molecule has 0 amide bonds. The lowest BCUT2D eigenvalue weighted by Gasteiger charge is -2.36. The van der Waals surface area contributed by atoms with Crippen LogP contribution in [0.5, 0.6) is 0 Å². The van der Waals surface area contributed by atoms with E-state index in [1.807, 2.05) is 0 Å². The van der Waals surface area contributed by atoms with Gasteiger partial charge in [0, 0.05) is 0 Å². The summed E-state index contributed by atoms with van der Waals surface area (Å²) in [5.74, 6) is 0. The topological polar surface area (TPSA) is 0 Å². The number of hydrogen-bond donors (Lipinski definition) is 0. The Morgan fingerprint density at radius 3 is 2.25 bits per heavy atom. The van der Waals surface area contributed by atoms with E-state index < -0.39 is 6.69 Å². The van der Waals surface area contributed by atoms with Crippen LogP contribution in [0.4, 0.5) is 0 Å². The van der Waals surface area contributed by atoms with E-state index in [1.54, 1.807) is 11.3 Å². The summed E-state index contributed by atoms with van der Waals surface area (Å²) in [6, 6.07) is 1.43. The van der Waals surface area contributed by atoms with Crippen molar-refractivity contribution in [1.82, 2.24) is 0 Å². The summed E-state index contributed by atoms with van der Waals surface area (Å²) in [6.45, 7) is 1.61. The van der Waals surface area contributed by atoms with Gasteiger partial charge in [-0.05, 0) is 11.3 Å². The van der Waals surface area contributed by atoms with Gasteiger partial charge in [0.1, 0.15) is 14.1 Å². The molecule has 1 aliphatic rings. The lowest BCUT2D eigenvalue weighted by molar-refractivity contribution is 1.34. The fraction of sp³-hybridized carbons (Fsp3) is 1.00. The normalized spacial score (nSPS) is 46.1. The standard InChI is InChI=1S/C4H10Br2Si2/c1-2-8(6)3-7(5)4-8/h7H,2-4H2,1H3. The third-order valence-corrected chi connectivity index (χ3v) is 25.8. The Bertz CT molecular complexity index is 90.0. The van der Waals surface area contributed by atoms with Crippen LogP contribution in [0.15, 0.2) is 0 Å². The fourth-order valence-electron chi connectivity index (χ4n) is 1.02. The van der Waals surface area contributed by atoms with Crippen molar-refractivity contribution < 1.29 is 0 Å². The van der Waals surface area contributed by atoms with E-state index in [2.05, 4.69) is 37.5 Å². The minimum Gasteiger partial charge on any atom is -0.131 e. The van der Waals surface area contributed by atoms with Crippen LogP contribution in [0.3, 0.4) is 0 Å². The first-order valence-electron chi connectivity index (χ1n) is 2.99. The minimum atomic E-state index is -0.706. The predicted octanol–water partition coefficient (Wildman–Crippen LogP) is 2.56.